The van der Waals surface area contributed by atoms with Crippen molar-refractivity contribution in [3.05, 3.63) is 11.3 Å². The van der Waals surface area contributed by atoms with E-state index in [4.69, 9.17) is 6.48 Å². The lowest BCUT2D eigenvalue weighted by Crippen LogP contribution is -2.61. The molecule has 5 heteroatoms. The van der Waals surface area contributed by atoms with E-state index >= 15 is 0 Å². The summed E-state index contributed by atoms with van der Waals surface area (Å²) in [5.74, 6) is 3.02. The third-order valence-electron chi connectivity index (χ3n) is 3.17. The molecule has 0 radical (unpaired) electrons. The van der Waals surface area contributed by atoms with Crippen LogP contribution in [0.2, 0.25) is 0 Å². The highest BCUT2D eigenvalue weighted by Gasteiger charge is 2.56. The molecule has 0 aromatic heterocycles. The van der Waals surface area contributed by atoms with Crippen LogP contribution in [0.3, 0.4) is 0 Å². The lowest BCUT2D eigenvalue weighted by atomic mass is 9.83. The average Bonchev–Trinajstić information content (AvgIpc) is 2.60. The number of nitrogens with zero attached hydrogens (tertiary/aromatic N) is 1. The zero-order valence-corrected chi connectivity index (χ0v) is 9.30. The minimum Gasteiger partial charge on any atom is -0.477 e. The van der Waals surface area contributed by atoms with Gasteiger partial charge in [-0.3, -0.25) is 4.79 Å². The van der Waals surface area contributed by atoms with Crippen LogP contribution in [0.5, 0.6) is 0 Å². The summed E-state index contributed by atoms with van der Waals surface area (Å²) in [5, 5.41) is 18.6. The van der Waals surface area contributed by atoms with E-state index in [1.165, 1.54) is 11.8 Å². The third-order valence-corrected chi connectivity index (χ3v) is 3.17. The van der Waals surface area contributed by atoms with Gasteiger partial charge in [0.05, 0.1) is 18.1 Å². The fraction of sp³-hybridized carbons (Fsp3) is 0.500. The van der Waals surface area contributed by atoms with Gasteiger partial charge in [0.1, 0.15) is 5.70 Å². The number of aliphatic hydroxyl groups excluding tert-OH is 1. The maximum absolute atomic E-state index is 11.8. The Kier molecular flexibility index (Phi) is 2.37. The number of carbonyl (C=O) groups is 2. The monoisotopic (exact) mass is 236 g/mol. The van der Waals surface area contributed by atoms with Gasteiger partial charge in [0.25, 0.3) is 0 Å². The molecule has 2 aliphatic heterocycles. The molecule has 2 N–H and O–H groups in total. The van der Waals surface area contributed by atoms with Crippen LogP contribution in [0.25, 0.3) is 0 Å². The summed E-state index contributed by atoms with van der Waals surface area (Å²) in [5.41, 5.74) is 0.277. The summed E-state index contributed by atoms with van der Waals surface area (Å²) in [6.45, 7) is 1.41. The van der Waals surface area contributed by atoms with Crippen molar-refractivity contribution < 1.29 is 21.2 Å². The first-order chi connectivity index (χ1) is 8.49. The predicted molar refractivity (Wildman–Crippen MR) is 58.5 cm³/mol. The molecule has 90 valence electrons. The molecule has 0 aromatic carbocycles. The fourth-order valence-electron chi connectivity index (χ4n) is 2.49. The summed E-state index contributed by atoms with van der Waals surface area (Å²) in [7, 11) is 0. The van der Waals surface area contributed by atoms with Crippen LogP contribution in [-0.4, -0.2) is 39.1 Å². The number of rotatable bonds is 2. The quantitative estimate of drug-likeness (QED) is 0.521. The lowest BCUT2D eigenvalue weighted by molar-refractivity contribution is -0.161. The standard InChI is InChI=1S/C12H13NO4/c1-3-4-7-5-8-9(6(2)14)11(15)13(8)10(7)12(16)17/h6,8-9,14H,5H2,1-2H3,(H,16,17)/t6-,8-,9-/m1/s1/i1D. The lowest BCUT2D eigenvalue weighted by Gasteiger charge is -2.44. The van der Waals surface area contributed by atoms with Gasteiger partial charge in [0.15, 0.2) is 0 Å². The summed E-state index contributed by atoms with van der Waals surface area (Å²) in [6, 6.07) is -0.307. The molecule has 17 heavy (non-hydrogen) atoms. The Hall–Kier alpha value is -1.80. The maximum Gasteiger partial charge on any atom is 0.353 e. The van der Waals surface area contributed by atoms with Crippen molar-refractivity contribution in [2.24, 2.45) is 5.92 Å². The van der Waals surface area contributed by atoms with E-state index < -0.39 is 18.0 Å². The van der Waals surface area contributed by atoms with Crippen molar-refractivity contribution in [3.8, 4) is 11.8 Å². The molecule has 2 aliphatic rings. The van der Waals surface area contributed by atoms with Crippen molar-refractivity contribution in [3.63, 3.8) is 0 Å². The summed E-state index contributed by atoms with van der Waals surface area (Å²) in [4.78, 5) is 24.2. The first-order valence-corrected chi connectivity index (χ1v) is 5.24. The molecule has 2 rings (SSSR count). The van der Waals surface area contributed by atoms with E-state index in [-0.39, 0.29) is 24.5 Å². The maximum atomic E-state index is 11.8. The van der Waals surface area contributed by atoms with Crippen LogP contribution in [0, 0.1) is 17.8 Å². The number of carbonyl (C=O) groups excluding carboxylic acids is 1. The van der Waals surface area contributed by atoms with Crippen molar-refractivity contribution in [1.29, 1.82) is 0 Å². The van der Waals surface area contributed by atoms with Crippen molar-refractivity contribution in [2.75, 3.05) is 0 Å². The van der Waals surface area contributed by atoms with Gasteiger partial charge < -0.3 is 15.1 Å². The van der Waals surface area contributed by atoms with Gasteiger partial charge in [0, 0.05) is 13.4 Å². The minimum absolute atomic E-state index is 0.0946. The second-order valence-corrected chi connectivity index (χ2v) is 4.18. The molecular weight excluding hydrogens is 222 g/mol. The van der Waals surface area contributed by atoms with Gasteiger partial charge in [-0.05, 0) is 13.8 Å². The second-order valence-electron chi connectivity index (χ2n) is 4.18. The van der Waals surface area contributed by atoms with Gasteiger partial charge in [-0.1, -0.05) is 5.92 Å². The van der Waals surface area contributed by atoms with Crippen LogP contribution in [0.1, 0.15) is 21.6 Å². The molecule has 1 saturated heterocycles. The molecule has 5 nitrogen and oxygen atoms in total. The van der Waals surface area contributed by atoms with Crippen LogP contribution in [0.4, 0.5) is 0 Å². The van der Waals surface area contributed by atoms with Gasteiger partial charge in [-0.25, -0.2) is 4.79 Å². The first-order valence-electron chi connectivity index (χ1n) is 5.95. The number of hydrogen-bond donors (Lipinski definition) is 2. The Morgan fingerprint density at radius 3 is 2.94 bits per heavy atom. The normalized spacial score (nSPS) is 28.9. The van der Waals surface area contributed by atoms with Gasteiger partial charge in [-0.15, -0.1) is 5.92 Å². The van der Waals surface area contributed by atoms with Crippen molar-refractivity contribution in [1.82, 2.24) is 4.90 Å². The Balaban J connectivity index is 2.33. The number of aliphatic hydroxyl groups is 1. The third kappa shape index (κ3) is 1.53. The number of β-lactam (4-membered cyclic amide) rings is 1. The molecule has 0 spiro atoms. The van der Waals surface area contributed by atoms with Crippen LogP contribution < -0.4 is 0 Å². The summed E-state index contributed by atoms with van der Waals surface area (Å²) in [6.07, 6.45) is -0.451. The molecule has 3 atom stereocenters. The van der Waals surface area contributed by atoms with Crippen LogP contribution >= 0.6 is 0 Å². The summed E-state index contributed by atoms with van der Waals surface area (Å²) >= 11 is 0. The zero-order valence-electron chi connectivity index (χ0n) is 10.3. The minimum atomic E-state index is -1.19. The molecule has 0 unspecified atom stereocenters. The highest BCUT2D eigenvalue weighted by atomic mass is 16.4. The number of fused-ring (bicyclic) bond motifs is 1. The van der Waals surface area contributed by atoms with E-state index in [0.29, 0.717) is 12.0 Å². The number of aliphatic carboxylic acids is 1. The van der Waals surface area contributed by atoms with Gasteiger partial charge >= 0.3 is 5.97 Å². The SMILES string of the molecule is [2H]CC#CC1=C(C(=O)O)N2C(=O)[C@H]([C@@H](C)O)[C@H]2C1. The van der Waals surface area contributed by atoms with E-state index in [2.05, 4.69) is 11.8 Å². The van der Waals surface area contributed by atoms with E-state index in [0.717, 1.165) is 0 Å². The molecule has 0 saturated carbocycles. The molecule has 1 amide bonds. The molecular formula is C12H13NO4. The molecule has 2 heterocycles. The molecule has 0 aliphatic carbocycles. The smallest absolute Gasteiger partial charge is 0.353 e. The number of carboxylic acids is 1. The largest absolute Gasteiger partial charge is 0.477 e. The zero-order chi connectivity index (χ0) is 13.4. The van der Waals surface area contributed by atoms with Crippen LogP contribution in [-0.2, 0) is 9.59 Å². The Morgan fingerprint density at radius 2 is 2.41 bits per heavy atom. The van der Waals surface area contributed by atoms with Gasteiger partial charge in [0.2, 0.25) is 5.91 Å². The highest BCUT2D eigenvalue weighted by molar-refractivity contribution is 6.00. The topological polar surface area (TPSA) is 77.8 Å². The fourth-order valence-corrected chi connectivity index (χ4v) is 2.49. The van der Waals surface area contributed by atoms with E-state index in [1.54, 1.807) is 0 Å². The van der Waals surface area contributed by atoms with Crippen molar-refractivity contribution >= 4 is 11.9 Å². The Morgan fingerprint density at radius 1 is 1.71 bits per heavy atom. The number of carboxylic acid groups (broad SMARTS) is 1. The molecule has 1 fully saturated rings. The molecule has 0 bridgehead atoms. The Labute approximate surface area is 100 Å². The summed E-state index contributed by atoms with van der Waals surface area (Å²) < 4.78 is 6.94. The molecule has 0 aromatic rings. The first kappa shape index (κ1) is 10.4. The van der Waals surface area contributed by atoms with Crippen molar-refractivity contribution in [2.45, 2.75) is 32.4 Å². The number of hydrogen-bond acceptors (Lipinski definition) is 3. The number of amides is 1. The van der Waals surface area contributed by atoms with E-state index in [1.807, 2.05) is 0 Å². The Bertz CT molecular complexity index is 500. The van der Waals surface area contributed by atoms with Crippen LogP contribution in [0.15, 0.2) is 11.3 Å². The highest BCUT2D eigenvalue weighted by Crippen LogP contribution is 2.43. The average molecular weight is 236 g/mol. The van der Waals surface area contributed by atoms with Gasteiger partial charge in [-0.2, -0.15) is 0 Å². The van der Waals surface area contributed by atoms with E-state index in [9.17, 15) is 14.7 Å². The predicted octanol–water partition coefficient (Wildman–Crippen LogP) is -0.0401. The second kappa shape index (κ2) is 3.90.